The molecule has 1 aliphatic rings. The minimum absolute atomic E-state index is 0.00626. The highest BCUT2D eigenvalue weighted by Crippen LogP contribution is 2.32. The van der Waals surface area contributed by atoms with E-state index < -0.39 is 0 Å². The van der Waals surface area contributed by atoms with Gasteiger partial charge in [-0.05, 0) is 31.0 Å². The maximum absolute atomic E-state index is 10.9. The lowest BCUT2D eigenvalue weighted by molar-refractivity contribution is -0.119. The second-order valence-corrected chi connectivity index (χ2v) is 3.99. The van der Waals surface area contributed by atoms with Gasteiger partial charge < -0.3 is 14.8 Å². The second-order valence-electron chi connectivity index (χ2n) is 3.99. The molecule has 0 radical (unpaired) electrons. The van der Waals surface area contributed by atoms with Gasteiger partial charge in [-0.2, -0.15) is 0 Å². The van der Waals surface area contributed by atoms with Crippen molar-refractivity contribution < 1.29 is 14.3 Å². The Morgan fingerprint density at radius 1 is 1.44 bits per heavy atom. The van der Waals surface area contributed by atoms with Crippen LogP contribution in [0.2, 0.25) is 0 Å². The van der Waals surface area contributed by atoms with Gasteiger partial charge in [0, 0.05) is 13.0 Å². The predicted octanol–water partition coefficient (Wildman–Crippen LogP) is 1.48. The van der Waals surface area contributed by atoms with Crippen molar-refractivity contribution in [1.82, 2.24) is 5.32 Å². The van der Waals surface area contributed by atoms with Crippen molar-refractivity contribution in [1.29, 1.82) is 0 Å². The summed E-state index contributed by atoms with van der Waals surface area (Å²) in [5.41, 5.74) is 1.13. The highest BCUT2D eigenvalue weighted by Gasteiger charge is 2.14. The monoisotopic (exact) mass is 221 g/mol. The number of hydrogen-bond donors (Lipinski definition) is 1. The topological polar surface area (TPSA) is 47.6 Å². The van der Waals surface area contributed by atoms with Gasteiger partial charge in [-0.1, -0.05) is 6.07 Å². The Morgan fingerprint density at radius 2 is 2.19 bits per heavy atom. The normalized spacial score (nSPS) is 14.6. The lowest BCUT2D eigenvalue weighted by atomic mass is 10.1. The number of ether oxygens (including phenoxy) is 2. The Bertz CT molecular complexity index is 403. The molecular weight excluding hydrogens is 206 g/mol. The first-order chi connectivity index (χ1) is 7.65. The Hall–Kier alpha value is -1.71. The molecule has 0 spiro atoms. The van der Waals surface area contributed by atoms with Gasteiger partial charge in [0.1, 0.15) is 0 Å². The van der Waals surface area contributed by atoms with Crippen LogP contribution >= 0.6 is 0 Å². The van der Waals surface area contributed by atoms with E-state index in [1.165, 1.54) is 6.92 Å². The molecule has 86 valence electrons. The number of fused-ring (bicyclic) bond motifs is 1. The smallest absolute Gasteiger partial charge is 0.231 e. The number of carbonyl (C=O) groups excluding carboxylic acids is 1. The standard InChI is InChI=1S/C12H15NO3/c1-8(13-9(2)14)5-10-3-4-11-12(6-10)16-7-15-11/h3-4,6,8H,5,7H2,1-2H3,(H,13,14). The summed E-state index contributed by atoms with van der Waals surface area (Å²) in [7, 11) is 0. The maximum Gasteiger partial charge on any atom is 0.231 e. The zero-order valence-corrected chi connectivity index (χ0v) is 9.45. The van der Waals surface area contributed by atoms with Crippen LogP contribution in [0.1, 0.15) is 19.4 Å². The molecule has 0 bridgehead atoms. The largest absolute Gasteiger partial charge is 0.454 e. The van der Waals surface area contributed by atoms with Crippen LogP contribution in [0.5, 0.6) is 11.5 Å². The summed E-state index contributed by atoms with van der Waals surface area (Å²) in [6.07, 6.45) is 0.788. The van der Waals surface area contributed by atoms with Gasteiger partial charge >= 0.3 is 0 Å². The quantitative estimate of drug-likeness (QED) is 0.841. The van der Waals surface area contributed by atoms with E-state index in [2.05, 4.69) is 5.32 Å². The Balaban J connectivity index is 2.02. The molecule has 1 atom stereocenters. The lowest BCUT2D eigenvalue weighted by Crippen LogP contribution is -2.31. The first-order valence-electron chi connectivity index (χ1n) is 5.31. The van der Waals surface area contributed by atoms with Gasteiger partial charge in [0.15, 0.2) is 11.5 Å². The summed E-state index contributed by atoms with van der Waals surface area (Å²) in [5, 5.41) is 2.85. The van der Waals surface area contributed by atoms with Crippen LogP contribution in [0.4, 0.5) is 0 Å². The molecule has 1 aliphatic heterocycles. The molecule has 0 aromatic heterocycles. The molecular formula is C12H15NO3. The molecule has 2 rings (SSSR count). The first kappa shape index (κ1) is 10.8. The number of amides is 1. The fourth-order valence-electron chi connectivity index (χ4n) is 1.82. The number of carbonyl (C=O) groups is 1. The molecule has 1 N–H and O–H groups in total. The summed E-state index contributed by atoms with van der Waals surface area (Å²) in [4.78, 5) is 10.9. The summed E-state index contributed by atoms with van der Waals surface area (Å²) in [5.74, 6) is 1.57. The van der Waals surface area contributed by atoms with Crippen molar-refractivity contribution in [3.05, 3.63) is 23.8 Å². The van der Waals surface area contributed by atoms with Crippen LogP contribution < -0.4 is 14.8 Å². The average Bonchev–Trinajstić information content (AvgIpc) is 2.63. The van der Waals surface area contributed by atoms with E-state index in [1.807, 2.05) is 25.1 Å². The predicted molar refractivity (Wildman–Crippen MR) is 59.5 cm³/mol. The van der Waals surface area contributed by atoms with Crippen LogP contribution in [-0.4, -0.2) is 18.7 Å². The van der Waals surface area contributed by atoms with Crippen molar-refractivity contribution >= 4 is 5.91 Å². The van der Waals surface area contributed by atoms with Crippen LogP contribution in [0.3, 0.4) is 0 Å². The number of nitrogens with one attached hydrogen (secondary N) is 1. The minimum atomic E-state index is -0.00626. The van der Waals surface area contributed by atoms with E-state index in [0.717, 1.165) is 23.5 Å². The molecule has 4 nitrogen and oxygen atoms in total. The molecule has 0 saturated heterocycles. The van der Waals surface area contributed by atoms with Gasteiger partial charge in [0.25, 0.3) is 0 Å². The zero-order chi connectivity index (χ0) is 11.5. The minimum Gasteiger partial charge on any atom is -0.454 e. The molecule has 1 unspecified atom stereocenters. The first-order valence-corrected chi connectivity index (χ1v) is 5.31. The summed E-state index contributed by atoms with van der Waals surface area (Å²) >= 11 is 0. The van der Waals surface area contributed by atoms with Crippen LogP contribution in [0.25, 0.3) is 0 Å². The maximum atomic E-state index is 10.9. The van der Waals surface area contributed by atoms with Crippen LogP contribution in [0, 0.1) is 0 Å². The third kappa shape index (κ3) is 2.45. The van der Waals surface area contributed by atoms with E-state index in [4.69, 9.17) is 9.47 Å². The van der Waals surface area contributed by atoms with Crippen molar-refractivity contribution in [2.75, 3.05) is 6.79 Å². The molecule has 16 heavy (non-hydrogen) atoms. The Morgan fingerprint density at radius 3 is 2.94 bits per heavy atom. The van der Waals surface area contributed by atoms with Crippen molar-refractivity contribution in [3.8, 4) is 11.5 Å². The van der Waals surface area contributed by atoms with Gasteiger partial charge in [-0.25, -0.2) is 0 Å². The second kappa shape index (κ2) is 4.43. The van der Waals surface area contributed by atoms with Gasteiger partial charge in [0.05, 0.1) is 0 Å². The van der Waals surface area contributed by atoms with Crippen LogP contribution in [-0.2, 0) is 11.2 Å². The number of hydrogen-bond acceptors (Lipinski definition) is 3. The van der Waals surface area contributed by atoms with Gasteiger partial charge in [0.2, 0.25) is 12.7 Å². The fraction of sp³-hybridized carbons (Fsp3) is 0.417. The summed E-state index contributed by atoms with van der Waals surface area (Å²) < 4.78 is 10.5. The summed E-state index contributed by atoms with van der Waals surface area (Å²) in [6, 6.07) is 5.97. The SMILES string of the molecule is CC(=O)NC(C)Cc1ccc2c(c1)OCO2. The number of benzene rings is 1. The molecule has 1 amide bonds. The average molecular weight is 221 g/mol. The van der Waals surface area contributed by atoms with Crippen molar-refractivity contribution in [2.24, 2.45) is 0 Å². The Kier molecular flexibility index (Phi) is 2.99. The van der Waals surface area contributed by atoms with E-state index >= 15 is 0 Å². The highest BCUT2D eigenvalue weighted by atomic mass is 16.7. The Labute approximate surface area is 94.6 Å². The summed E-state index contributed by atoms with van der Waals surface area (Å²) in [6.45, 7) is 3.79. The molecule has 1 aromatic carbocycles. The van der Waals surface area contributed by atoms with E-state index in [-0.39, 0.29) is 11.9 Å². The number of rotatable bonds is 3. The molecule has 1 aromatic rings. The molecule has 0 aliphatic carbocycles. The molecule has 0 fully saturated rings. The van der Waals surface area contributed by atoms with E-state index in [9.17, 15) is 4.79 Å². The third-order valence-electron chi connectivity index (χ3n) is 2.43. The van der Waals surface area contributed by atoms with E-state index in [1.54, 1.807) is 0 Å². The molecule has 0 saturated carbocycles. The third-order valence-corrected chi connectivity index (χ3v) is 2.43. The zero-order valence-electron chi connectivity index (χ0n) is 9.45. The van der Waals surface area contributed by atoms with Crippen LogP contribution in [0.15, 0.2) is 18.2 Å². The van der Waals surface area contributed by atoms with E-state index in [0.29, 0.717) is 6.79 Å². The molecule has 4 heteroatoms. The van der Waals surface area contributed by atoms with Crippen molar-refractivity contribution in [3.63, 3.8) is 0 Å². The highest BCUT2D eigenvalue weighted by molar-refractivity contribution is 5.73. The van der Waals surface area contributed by atoms with Gasteiger partial charge in [-0.3, -0.25) is 4.79 Å². The van der Waals surface area contributed by atoms with Crippen molar-refractivity contribution in [2.45, 2.75) is 26.3 Å². The molecule has 1 heterocycles. The fourth-order valence-corrected chi connectivity index (χ4v) is 1.82. The lowest BCUT2D eigenvalue weighted by Gasteiger charge is -2.12. The van der Waals surface area contributed by atoms with Gasteiger partial charge in [-0.15, -0.1) is 0 Å².